The molecule has 4 aromatic rings. The van der Waals surface area contributed by atoms with Crippen molar-refractivity contribution in [3.63, 3.8) is 0 Å². The fraction of sp³-hybridized carbons (Fsp3) is 0. The second-order valence-electron chi connectivity index (χ2n) is 6.30. The fourth-order valence-corrected chi connectivity index (χ4v) is 2.90. The summed E-state index contributed by atoms with van der Waals surface area (Å²) >= 11 is 5.88. The van der Waals surface area contributed by atoms with Crippen LogP contribution in [-0.2, 0) is 0 Å². The van der Waals surface area contributed by atoms with E-state index in [9.17, 15) is 4.79 Å². The molecule has 1 amide bonds. The molecule has 0 radical (unpaired) electrons. The molecule has 0 saturated carbocycles. The highest BCUT2D eigenvalue weighted by Gasteiger charge is 2.08. The Labute approximate surface area is 173 Å². The molecule has 0 atom stereocenters. The first-order valence-electron chi connectivity index (χ1n) is 9.00. The number of hydrogen-bond donors (Lipinski definition) is 2. The minimum absolute atomic E-state index is 0.205. The van der Waals surface area contributed by atoms with Crippen molar-refractivity contribution in [2.45, 2.75) is 0 Å². The second-order valence-corrected chi connectivity index (χ2v) is 6.73. The van der Waals surface area contributed by atoms with Crippen molar-refractivity contribution in [2.24, 2.45) is 0 Å². The van der Waals surface area contributed by atoms with Gasteiger partial charge in [-0.3, -0.25) is 4.79 Å². The van der Waals surface area contributed by atoms with E-state index in [0.717, 1.165) is 11.3 Å². The van der Waals surface area contributed by atoms with Crippen LogP contribution in [0.2, 0.25) is 5.02 Å². The van der Waals surface area contributed by atoms with Gasteiger partial charge in [-0.25, -0.2) is 9.97 Å². The number of aromatic nitrogens is 2. The zero-order valence-electron chi connectivity index (χ0n) is 15.3. The number of amides is 1. The molecule has 0 spiro atoms. The van der Waals surface area contributed by atoms with Gasteiger partial charge in [-0.15, -0.1) is 0 Å². The van der Waals surface area contributed by atoms with Crippen LogP contribution < -0.4 is 10.6 Å². The number of carbonyl (C=O) groups excluding carboxylic acids is 1. The van der Waals surface area contributed by atoms with Crippen LogP contribution in [0.3, 0.4) is 0 Å². The van der Waals surface area contributed by atoms with Crippen molar-refractivity contribution in [3.8, 4) is 11.4 Å². The summed E-state index contributed by atoms with van der Waals surface area (Å²) in [6.45, 7) is 0. The lowest BCUT2D eigenvalue weighted by Gasteiger charge is -2.09. The predicted molar refractivity (Wildman–Crippen MR) is 117 cm³/mol. The minimum Gasteiger partial charge on any atom is -0.340 e. The zero-order valence-corrected chi connectivity index (χ0v) is 16.1. The van der Waals surface area contributed by atoms with Gasteiger partial charge in [0, 0.05) is 33.7 Å². The molecule has 0 aliphatic carbocycles. The normalized spacial score (nSPS) is 10.4. The smallest absolute Gasteiger partial charge is 0.255 e. The zero-order chi connectivity index (χ0) is 20.1. The Morgan fingerprint density at radius 2 is 1.62 bits per heavy atom. The number of halogens is 1. The Bertz CT molecular complexity index is 1130. The fourth-order valence-electron chi connectivity index (χ4n) is 2.78. The third-order valence-corrected chi connectivity index (χ3v) is 4.44. The molecule has 5 nitrogen and oxygen atoms in total. The van der Waals surface area contributed by atoms with Crippen molar-refractivity contribution in [1.29, 1.82) is 0 Å². The molecule has 0 saturated heterocycles. The van der Waals surface area contributed by atoms with Crippen molar-refractivity contribution < 1.29 is 4.79 Å². The first-order chi connectivity index (χ1) is 14.2. The SMILES string of the molecule is O=C(Nc1ccc(Cl)cc1)c1cccc(Nc2ccnc(-c3ccccc3)n2)c1. The van der Waals surface area contributed by atoms with Gasteiger partial charge in [0.25, 0.3) is 5.91 Å². The van der Waals surface area contributed by atoms with Crippen LogP contribution >= 0.6 is 11.6 Å². The van der Waals surface area contributed by atoms with Gasteiger partial charge in [0.2, 0.25) is 0 Å². The monoisotopic (exact) mass is 400 g/mol. The molecule has 142 valence electrons. The first kappa shape index (κ1) is 18.7. The van der Waals surface area contributed by atoms with Crippen LogP contribution in [0, 0.1) is 0 Å². The van der Waals surface area contributed by atoms with Gasteiger partial charge < -0.3 is 10.6 Å². The summed E-state index contributed by atoms with van der Waals surface area (Å²) in [5.41, 5.74) is 2.90. The quantitative estimate of drug-likeness (QED) is 0.444. The highest BCUT2D eigenvalue weighted by atomic mass is 35.5. The van der Waals surface area contributed by atoms with Crippen molar-refractivity contribution in [2.75, 3.05) is 10.6 Å². The average Bonchev–Trinajstić information content (AvgIpc) is 2.76. The van der Waals surface area contributed by atoms with E-state index in [1.807, 2.05) is 42.5 Å². The summed E-state index contributed by atoms with van der Waals surface area (Å²) in [7, 11) is 0. The largest absolute Gasteiger partial charge is 0.340 e. The summed E-state index contributed by atoms with van der Waals surface area (Å²) < 4.78 is 0. The van der Waals surface area contributed by atoms with Crippen LogP contribution in [0.1, 0.15) is 10.4 Å². The Hall–Kier alpha value is -3.70. The lowest BCUT2D eigenvalue weighted by Crippen LogP contribution is -2.12. The number of anilines is 3. The second kappa shape index (κ2) is 8.54. The van der Waals surface area contributed by atoms with Gasteiger partial charge in [-0.05, 0) is 48.5 Å². The van der Waals surface area contributed by atoms with Crippen LogP contribution in [-0.4, -0.2) is 15.9 Å². The summed E-state index contributed by atoms with van der Waals surface area (Å²) in [5, 5.41) is 6.71. The lowest BCUT2D eigenvalue weighted by atomic mass is 10.1. The van der Waals surface area contributed by atoms with E-state index in [2.05, 4.69) is 20.6 Å². The summed E-state index contributed by atoms with van der Waals surface area (Å²) in [4.78, 5) is 21.4. The molecule has 0 fully saturated rings. The molecular weight excluding hydrogens is 384 g/mol. The third-order valence-electron chi connectivity index (χ3n) is 4.19. The first-order valence-corrected chi connectivity index (χ1v) is 9.38. The molecule has 0 unspecified atom stereocenters. The van der Waals surface area contributed by atoms with E-state index >= 15 is 0 Å². The molecule has 2 N–H and O–H groups in total. The van der Waals surface area contributed by atoms with Gasteiger partial charge in [0.15, 0.2) is 5.82 Å². The van der Waals surface area contributed by atoms with Crippen LogP contribution in [0.25, 0.3) is 11.4 Å². The lowest BCUT2D eigenvalue weighted by molar-refractivity contribution is 0.102. The Morgan fingerprint density at radius 1 is 0.828 bits per heavy atom. The van der Waals surface area contributed by atoms with Crippen LogP contribution in [0.15, 0.2) is 91.1 Å². The topological polar surface area (TPSA) is 66.9 Å². The standard InChI is InChI=1S/C23H17ClN4O/c24-18-9-11-19(12-10-18)27-23(29)17-7-4-8-20(15-17)26-21-13-14-25-22(28-21)16-5-2-1-3-6-16/h1-15H,(H,27,29)(H,25,26,28). The van der Waals surface area contributed by atoms with Crippen molar-refractivity contribution >= 4 is 34.7 Å². The number of nitrogens with one attached hydrogen (secondary N) is 2. The Balaban J connectivity index is 1.50. The number of rotatable bonds is 5. The number of hydrogen-bond acceptors (Lipinski definition) is 4. The maximum Gasteiger partial charge on any atom is 0.255 e. The molecule has 6 heteroatoms. The van der Waals surface area contributed by atoms with Crippen molar-refractivity contribution in [1.82, 2.24) is 9.97 Å². The Morgan fingerprint density at radius 3 is 2.41 bits per heavy atom. The van der Waals surface area contributed by atoms with E-state index in [1.54, 1.807) is 48.7 Å². The summed E-state index contributed by atoms with van der Waals surface area (Å²) in [5.74, 6) is 1.07. The molecule has 4 rings (SSSR count). The Kier molecular flexibility index (Phi) is 5.49. The van der Waals surface area contributed by atoms with Gasteiger partial charge >= 0.3 is 0 Å². The molecule has 0 bridgehead atoms. The van der Waals surface area contributed by atoms with Gasteiger partial charge in [-0.2, -0.15) is 0 Å². The van der Waals surface area contributed by atoms with E-state index < -0.39 is 0 Å². The average molecular weight is 401 g/mol. The minimum atomic E-state index is -0.205. The predicted octanol–water partition coefficient (Wildman–Crippen LogP) is 5.79. The molecule has 0 aliphatic heterocycles. The number of benzene rings is 3. The highest BCUT2D eigenvalue weighted by molar-refractivity contribution is 6.30. The van der Waals surface area contributed by atoms with Gasteiger partial charge in [0.05, 0.1) is 0 Å². The van der Waals surface area contributed by atoms with Crippen molar-refractivity contribution in [3.05, 3.63) is 102 Å². The summed E-state index contributed by atoms with van der Waals surface area (Å²) in [6, 6.07) is 25.7. The van der Waals surface area contributed by atoms with Crippen LogP contribution in [0.5, 0.6) is 0 Å². The number of carbonyl (C=O) groups is 1. The molecule has 1 heterocycles. The molecule has 1 aromatic heterocycles. The highest BCUT2D eigenvalue weighted by Crippen LogP contribution is 2.20. The number of nitrogens with zero attached hydrogens (tertiary/aromatic N) is 2. The molecule has 29 heavy (non-hydrogen) atoms. The van der Waals surface area contributed by atoms with E-state index in [-0.39, 0.29) is 5.91 Å². The van der Waals surface area contributed by atoms with Gasteiger partial charge in [0.1, 0.15) is 5.82 Å². The summed E-state index contributed by atoms with van der Waals surface area (Å²) in [6.07, 6.45) is 1.70. The third kappa shape index (κ3) is 4.78. The van der Waals surface area contributed by atoms with E-state index in [1.165, 1.54) is 0 Å². The van der Waals surface area contributed by atoms with Crippen LogP contribution in [0.4, 0.5) is 17.2 Å². The van der Waals surface area contributed by atoms with E-state index in [0.29, 0.717) is 27.9 Å². The maximum atomic E-state index is 12.5. The maximum absolute atomic E-state index is 12.5. The molecular formula is C23H17ClN4O. The van der Waals surface area contributed by atoms with E-state index in [4.69, 9.17) is 11.6 Å². The molecule has 3 aromatic carbocycles. The van der Waals surface area contributed by atoms with Gasteiger partial charge in [-0.1, -0.05) is 48.0 Å². The molecule has 0 aliphatic rings.